The first-order valence-electron chi connectivity index (χ1n) is 6.38. The summed E-state index contributed by atoms with van der Waals surface area (Å²) in [5, 5.41) is 4.12. The van der Waals surface area contributed by atoms with E-state index >= 15 is 0 Å². The van der Waals surface area contributed by atoms with Gasteiger partial charge in [-0.2, -0.15) is 0 Å². The van der Waals surface area contributed by atoms with Crippen LogP contribution in [0.25, 0.3) is 11.3 Å². The van der Waals surface area contributed by atoms with Crippen LogP contribution < -0.4 is 0 Å². The van der Waals surface area contributed by atoms with Crippen molar-refractivity contribution in [2.75, 3.05) is 0 Å². The SMILES string of the molecule is CCc1nccn1Cc1cc(-c2ccccc2)on1. The Labute approximate surface area is 111 Å². The molecule has 2 aromatic heterocycles. The van der Waals surface area contributed by atoms with Gasteiger partial charge in [-0.3, -0.25) is 0 Å². The van der Waals surface area contributed by atoms with Crippen LogP contribution in [0.1, 0.15) is 18.4 Å². The molecule has 4 nitrogen and oxygen atoms in total. The molecule has 0 saturated heterocycles. The average molecular weight is 253 g/mol. The lowest BCUT2D eigenvalue weighted by atomic mass is 10.2. The highest BCUT2D eigenvalue weighted by atomic mass is 16.5. The molecule has 1 aromatic carbocycles. The molecule has 0 radical (unpaired) electrons. The first-order valence-corrected chi connectivity index (χ1v) is 6.38. The maximum Gasteiger partial charge on any atom is 0.167 e. The second-order valence-corrected chi connectivity index (χ2v) is 4.37. The molecular formula is C15H15N3O. The number of hydrogen-bond donors (Lipinski definition) is 0. The van der Waals surface area contributed by atoms with E-state index in [0.29, 0.717) is 6.54 Å². The molecule has 19 heavy (non-hydrogen) atoms. The Morgan fingerprint density at radius 3 is 2.84 bits per heavy atom. The molecule has 3 rings (SSSR count). The third kappa shape index (κ3) is 2.42. The summed E-state index contributed by atoms with van der Waals surface area (Å²) in [6.07, 6.45) is 4.70. The molecule has 0 fully saturated rings. The largest absolute Gasteiger partial charge is 0.356 e. The molecule has 0 unspecified atom stereocenters. The lowest BCUT2D eigenvalue weighted by Crippen LogP contribution is -2.03. The van der Waals surface area contributed by atoms with Crippen molar-refractivity contribution in [1.82, 2.24) is 14.7 Å². The minimum atomic E-state index is 0.694. The maximum absolute atomic E-state index is 5.39. The summed E-state index contributed by atoms with van der Waals surface area (Å²) in [5.41, 5.74) is 1.95. The molecule has 0 saturated carbocycles. The van der Waals surface area contributed by atoms with Crippen LogP contribution in [-0.2, 0) is 13.0 Å². The number of hydrogen-bond acceptors (Lipinski definition) is 3. The van der Waals surface area contributed by atoms with Gasteiger partial charge in [-0.1, -0.05) is 42.4 Å². The molecule has 3 aromatic rings. The normalized spacial score (nSPS) is 10.8. The quantitative estimate of drug-likeness (QED) is 0.717. The van der Waals surface area contributed by atoms with E-state index in [1.807, 2.05) is 48.8 Å². The minimum Gasteiger partial charge on any atom is -0.356 e. The van der Waals surface area contributed by atoms with Crippen LogP contribution in [0.3, 0.4) is 0 Å². The van der Waals surface area contributed by atoms with Crippen LogP contribution in [0.15, 0.2) is 53.3 Å². The van der Waals surface area contributed by atoms with Gasteiger partial charge in [0.2, 0.25) is 0 Å². The van der Waals surface area contributed by atoms with Crippen molar-refractivity contribution in [3.8, 4) is 11.3 Å². The van der Waals surface area contributed by atoms with E-state index < -0.39 is 0 Å². The molecule has 4 heteroatoms. The van der Waals surface area contributed by atoms with E-state index in [2.05, 4.69) is 21.6 Å². The summed E-state index contributed by atoms with van der Waals surface area (Å²) < 4.78 is 7.48. The monoisotopic (exact) mass is 253 g/mol. The predicted molar refractivity (Wildman–Crippen MR) is 72.6 cm³/mol. The van der Waals surface area contributed by atoms with Gasteiger partial charge in [0, 0.05) is 30.4 Å². The minimum absolute atomic E-state index is 0.694. The van der Waals surface area contributed by atoms with Crippen molar-refractivity contribution in [2.45, 2.75) is 19.9 Å². The van der Waals surface area contributed by atoms with Gasteiger partial charge in [0.05, 0.1) is 6.54 Å². The Morgan fingerprint density at radius 1 is 1.21 bits per heavy atom. The Morgan fingerprint density at radius 2 is 2.05 bits per heavy atom. The summed E-state index contributed by atoms with van der Waals surface area (Å²) in [6.45, 7) is 2.79. The Balaban J connectivity index is 1.82. The molecule has 96 valence electrons. The highest BCUT2D eigenvalue weighted by Gasteiger charge is 2.08. The molecule has 0 amide bonds. The van der Waals surface area contributed by atoms with Crippen molar-refractivity contribution in [3.05, 3.63) is 60.3 Å². The third-order valence-electron chi connectivity index (χ3n) is 3.07. The predicted octanol–water partition coefficient (Wildman–Crippen LogP) is 3.15. The van der Waals surface area contributed by atoms with Gasteiger partial charge in [-0.15, -0.1) is 0 Å². The first-order chi connectivity index (χ1) is 9.36. The maximum atomic E-state index is 5.39. The molecule has 0 aliphatic heterocycles. The zero-order chi connectivity index (χ0) is 13.1. The number of aryl methyl sites for hydroxylation is 1. The fourth-order valence-corrected chi connectivity index (χ4v) is 2.10. The lowest BCUT2D eigenvalue weighted by molar-refractivity contribution is 0.421. The van der Waals surface area contributed by atoms with E-state index in [-0.39, 0.29) is 0 Å². The smallest absolute Gasteiger partial charge is 0.167 e. The van der Waals surface area contributed by atoms with Gasteiger partial charge in [-0.25, -0.2) is 4.98 Å². The zero-order valence-electron chi connectivity index (χ0n) is 10.8. The van der Waals surface area contributed by atoms with Crippen molar-refractivity contribution in [1.29, 1.82) is 0 Å². The Kier molecular flexibility index (Phi) is 3.14. The van der Waals surface area contributed by atoms with E-state index in [0.717, 1.165) is 29.3 Å². The van der Waals surface area contributed by atoms with Crippen LogP contribution in [-0.4, -0.2) is 14.7 Å². The Bertz CT molecular complexity index is 655. The van der Waals surface area contributed by atoms with Crippen molar-refractivity contribution < 1.29 is 4.52 Å². The molecule has 0 spiro atoms. The van der Waals surface area contributed by atoms with Crippen LogP contribution in [0.5, 0.6) is 0 Å². The zero-order valence-corrected chi connectivity index (χ0v) is 10.8. The topological polar surface area (TPSA) is 43.9 Å². The molecule has 0 N–H and O–H groups in total. The molecule has 0 aliphatic rings. The van der Waals surface area contributed by atoms with Gasteiger partial charge in [0.15, 0.2) is 5.76 Å². The highest BCUT2D eigenvalue weighted by molar-refractivity contribution is 5.56. The van der Waals surface area contributed by atoms with Crippen LogP contribution in [0, 0.1) is 0 Å². The summed E-state index contributed by atoms with van der Waals surface area (Å²) in [4.78, 5) is 4.30. The van der Waals surface area contributed by atoms with Crippen LogP contribution >= 0.6 is 0 Å². The second-order valence-electron chi connectivity index (χ2n) is 4.37. The molecule has 0 bridgehead atoms. The van der Waals surface area contributed by atoms with Crippen molar-refractivity contribution >= 4 is 0 Å². The number of aromatic nitrogens is 3. The summed E-state index contributed by atoms with van der Waals surface area (Å²) in [5.74, 6) is 1.86. The average Bonchev–Trinajstić information content (AvgIpc) is 3.09. The fraction of sp³-hybridized carbons (Fsp3) is 0.200. The van der Waals surface area contributed by atoms with E-state index in [4.69, 9.17) is 4.52 Å². The summed E-state index contributed by atoms with van der Waals surface area (Å²) in [7, 11) is 0. The molecule has 0 atom stereocenters. The molecular weight excluding hydrogens is 238 g/mol. The summed E-state index contributed by atoms with van der Waals surface area (Å²) in [6, 6.07) is 12.0. The summed E-state index contributed by atoms with van der Waals surface area (Å²) >= 11 is 0. The van der Waals surface area contributed by atoms with Gasteiger partial charge < -0.3 is 9.09 Å². The van der Waals surface area contributed by atoms with Crippen molar-refractivity contribution in [3.63, 3.8) is 0 Å². The Hall–Kier alpha value is -2.36. The fourth-order valence-electron chi connectivity index (χ4n) is 2.10. The van der Waals surface area contributed by atoms with Gasteiger partial charge >= 0.3 is 0 Å². The van der Waals surface area contributed by atoms with Gasteiger partial charge in [-0.05, 0) is 0 Å². The molecule has 2 heterocycles. The number of imidazole rings is 1. The number of rotatable bonds is 4. The first kappa shape index (κ1) is 11.7. The third-order valence-corrected chi connectivity index (χ3v) is 3.07. The highest BCUT2D eigenvalue weighted by Crippen LogP contribution is 2.20. The lowest BCUT2D eigenvalue weighted by Gasteiger charge is -2.02. The number of nitrogens with zero attached hydrogens (tertiary/aromatic N) is 3. The van der Waals surface area contributed by atoms with Gasteiger partial charge in [0.1, 0.15) is 11.5 Å². The van der Waals surface area contributed by atoms with Crippen molar-refractivity contribution in [2.24, 2.45) is 0 Å². The van der Waals surface area contributed by atoms with Crippen LogP contribution in [0.4, 0.5) is 0 Å². The van der Waals surface area contributed by atoms with E-state index in [1.165, 1.54) is 0 Å². The van der Waals surface area contributed by atoms with E-state index in [1.54, 1.807) is 0 Å². The number of benzene rings is 1. The second kappa shape index (κ2) is 5.10. The van der Waals surface area contributed by atoms with Gasteiger partial charge in [0.25, 0.3) is 0 Å². The van der Waals surface area contributed by atoms with Crippen LogP contribution in [0.2, 0.25) is 0 Å². The standard InChI is InChI=1S/C15H15N3O/c1-2-15-16-8-9-18(15)11-13-10-14(19-17-13)12-6-4-3-5-7-12/h3-10H,2,11H2,1H3. The molecule has 0 aliphatic carbocycles. The van der Waals surface area contributed by atoms with E-state index in [9.17, 15) is 0 Å².